The highest BCUT2D eigenvalue weighted by Crippen LogP contribution is 2.12. The van der Waals surface area contributed by atoms with E-state index in [9.17, 15) is 4.79 Å². The van der Waals surface area contributed by atoms with Gasteiger partial charge in [0, 0.05) is 18.1 Å². The van der Waals surface area contributed by atoms with Gasteiger partial charge in [-0.1, -0.05) is 12.1 Å². The molecule has 0 saturated heterocycles. The molecule has 5 heteroatoms. The predicted molar refractivity (Wildman–Crippen MR) is 71.1 cm³/mol. The smallest absolute Gasteiger partial charge is 0.280 e. The molecule has 4 nitrogen and oxygen atoms in total. The van der Waals surface area contributed by atoms with E-state index in [-0.39, 0.29) is 5.91 Å². The number of nitrogens with zero attached hydrogens (tertiary/aromatic N) is 1. The first kappa shape index (κ1) is 12.6. The molecule has 1 aromatic heterocycles. The fraction of sp³-hybridized carbons (Fsp3) is 0.231. The molecule has 0 saturated carbocycles. The van der Waals surface area contributed by atoms with Crippen molar-refractivity contribution in [3.8, 4) is 5.75 Å². The minimum Gasteiger partial charge on any atom is -0.497 e. The van der Waals surface area contributed by atoms with Crippen molar-refractivity contribution in [2.24, 2.45) is 0 Å². The van der Waals surface area contributed by atoms with Crippen LogP contribution >= 0.6 is 11.3 Å². The van der Waals surface area contributed by atoms with Gasteiger partial charge in [-0.2, -0.15) is 0 Å². The third-order valence-corrected chi connectivity index (χ3v) is 3.23. The molecule has 0 fully saturated rings. The molecule has 1 N–H and O–H groups in total. The summed E-state index contributed by atoms with van der Waals surface area (Å²) in [7, 11) is 1.64. The Morgan fingerprint density at radius 2 is 2.39 bits per heavy atom. The number of hydrogen-bond donors (Lipinski definition) is 1. The maximum absolute atomic E-state index is 11.6. The number of nitrogens with one attached hydrogen (secondary N) is 1. The first-order valence-electron chi connectivity index (χ1n) is 5.60. The minimum atomic E-state index is -0.118. The van der Waals surface area contributed by atoms with Crippen LogP contribution in [0.2, 0.25) is 0 Å². The summed E-state index contributed by atoms with van der Waals surface area (Å²) in [5.41, 5.74) is 1.13. The summed E-state index contributed by atoms with van der Waals surface area (Å²) in [5.74, 6) is 0.714. The number of ether oxygens (including phenoxy) is 1. The summed E-state index contributed by atoms with van der Waals surface area (Å²) in [6, 6.07) is 7.82. The predicted octanol–water partition coefficient (Wildman–Crippen LogP) is 2.12. The van der Waals surface area contributed by atoms with Gasteiger partial charge < -0.3 is 10.1 Å². The van der Waals surface area contributed by atoms with E-state index in [0.29, 0.717) is 11.6 Å². The maximum Gasteiger partial charge on any atom is 0.280 e. The lowest BCUT2D eigenvalue weighted by molar-refractivity contribution is 0.0954. The topological polar surface area (TPSA) is 51.2 Å². The summed E-state index contributed by atoms with van der Waals surface area (Å²) in [6.45, 7) is 0.589. The van der Waals surface area contributed by atoms with Gasteiger partial charge in [0.2, 0.25) is 0 Å². The van der Waals surface area contributed by atoms with Crippen molar-refractivity contribution < 1.29 is 9.53 Å². The van der Waals surface area contributed by atoms with Gasteiger partial charge in [-0.15, -0.1) is 11.3 Å². The lowest BCUT2D eigenvalue weighted by Gasteiger charge is -2.05. The zero-order chi connectivity index (χ0) is 12.8. The molecule has 2 aromatic rings. The highest BCUT2D eigenvalue weighted by molar-refractivity contribution is 7.11. The van der Waals surface area contributed by atoms with Crippen molar-refractivity contribution in [1.29, 1.82) is 0 Å². The van der Waals surface area contributed by atoms with E-state index in [1.54, 1.807) is 18.7 Å². The number of rotatable bonds is 5. The Bertz CT molecular complexity index is 511. The van der Waals surface area contributed by atoms with Crippen molar-refractivity contribution in [2.45, 2.75) is 6.42 Å². The van der Waals surface area contributed by atoms with Crippen LogP contribution in [-0.2, 0) is 6.42 Å². The number of hydrogen-bond acceptors (Lipinski definition) is 4. The van der Waals surface area contributed by atoms with Crippen molar-refractivity contribution >= 4 is 17.2 Å². The summed E-state index contributed by atoms with van der Waals surface area (Å²) < 4.78 is 5.15. The molecule has 0 atom stereocenters. The zero-order valence-corrected chi connectivity index (χ0v) is 10.9. The molecule has 0 aliphatic rings. The fourth-order valence-electron chi connectivity index (χ4n) is 1.56. The average molecular weight is 262 g/mol. The molecule has 0 aliphatic heterocycles. The largest absolute Gasteiger partial charge is 0.497 e. The van der Waals surface area contributed by atoms with Crippen LogP contribution in [0.15, 0.2) is 35.8 Å². The monoisotopic (exact) mass is 262 g/mol. The number of methoxy groups -OCH3 is 1. The third kappa shape index (κ3) is 3.30. The zero-order valence-electron chi connectivity index (χ0n) is 10.1. The molecule has 1 aromatic carbocycles. The van der Waals surface area contributed by atoms with Crippen molar-refractivity contribution in [2.75, 3.05) is 13.7 Å². The van der Waals surface area contributed by atoms with E-state index in [2.05, 4.69) is 10.3 Å². The van der Waals surface area contributed by atoms with E-state index in [1.807, 2.05) is 24.3 Å². The number of thiazole rings is 1. The van der Waals surface area contributed by atoms with Gasteiger partial charge in [-0.3, -0.25) is 4.79 Å². The van der Waals surface area contributed by atoms with Crippen molar-refractivity contribution in [3.05, 3.63) is 46.4 Å². The molecule has 2 rings (SSSR count). The van der Waals surface area contributed by atoms with Crippen LogP contribution in [0.1, 0.15) is 15.4 Å². The van der Waals surface area contributed by atoms with Crippen LogP contribution in [0.25, 0.3) is 0 Å². The van der Waals surface area contributed by atoms with E-state index >= 15 is 0 Å². The Morgan fingerprint density at radius 3 is 3.11 bits per heavy atom. The normalized spacial score (nSPS) is 10.1. The summed E-state index contributed by atoms with van der Waals surface area (Å²) in [4.78, 5) is 15.6. The highest BCUT2D eigenvalue weighted by Gasteiger charge is 2.06. The van der Waals surface area contributed by atoms with Crippen LogP contribution in [0, 0.1) is 0 Å². The molecular weight excluding hydrogens is 248 g/mol. The van der Waals surface area contributed by atoms with E-state index < -0.39 is 0 Å². The third-order valence-electron chi connectivity index (χ3n) is 2.46. The second kappa shape index (κ2) is 6.16. The van der Waals surface area contributed by atoms with Gasteiger partial charge in [0.05, 0.1) is 7.11 Å². The number of aromatic nitrogens is 1. The summed E-state index contributed by atoms with van der Waals surface area (Å²) in [5, 5.41) is 5.13. The molecule has 0 aliphatic carbocycles. The van der Waals surface area contributed by atoms with Gasteiger partial charge in [-0.05, 0) is 24.1 Å². The molecule has 1 heterocycles. The quantitative estimate of drug-likeness (QED) is 0.898. The van der Waals surface area contributed by atoms with Crippen LogP contribution < -0.4 is 10.1 Å². The molecule has 0 radical (unpaired) electrons. The van der Waals surface area contributed by atoms with Gasteiger partial charge in [0.1, 0.15) is 5.75 Å². The van der Waals surface area contributed by atoms with Crippen LogP contribution in [-0.4, -0.2) is 24.5 Å². The van der Waals surface area contributed by atoms with Crippen molar-refractivity contribution in [3.63, 3.8) is 0 Å². The van der Waals surface area contributed by atoms with E-state index in [4.69, 9.17) is 4.74 Å². The van der Waals surface area contributed by atoms with E-state index in [1.165, 1.54) is 11.3 Å². The number of amides is 1. The molecule has 0 spiro atoms. The molecule has 1 amide bonds. The Kier molecular flexibility index (Phi) is 4.30. The Labute approximate surface area is 110 Å². The molecular formula is C13H14N2O2S. The van der Waals surface area contributed by atoms with Gasteiger partial charge in [0.25, 0.3) is 5.91 Å². The fourth-order valence-corrected chi connectivity index (χ4v) is 2.11. The molecule has 18 heavy (non-hydrogen) atoms. The Hall–Kier alpha value is -1.88. The van der Waals surface area contributed by atoms with Crippen LogP contribution in [0.4, 0.5) is 0 Å². The van der Waals surface area contributed by atoms with Gasteiger partial charge in [0.15, 0.2) is 5.01 Å². The van der Waals surface area contributed by atoms with Crippen molar-refractivity contribution in [1.82, 2.24) is 10.3 Å². The SMILES string of the molecule is COc1cccc(CCNC(=O)c2nccs2)c1. The Morgan fingerprint density at radius 1 is 1.50 bits per heavy atom. The van der Waals surface area contributed by atoms with Gasteiger partial charge in [-0.25, -0.2) is 4.98 Å². The standard InChI is InChI=1S/C13H14N2O2S/c1-17-11-4-2-3-10(9-11)5-6-14-12(16)13-15-7-8-18-13/h2-4,7-9H,5-6H2,1H3,(H,14,16). The lowest BCUT2D eigenvalue weighted by atomic mass is 10.1. The maximum atomic E-state index is 11.6. The second-order valence-corrected chi connectivity index (χ2v) is 4.59. The summed E-state index contributed by atoms with van der Waals surface area (Å²) in [6.07, 6.45) is 2.40. The molecule has 0 unspecified atom stereocenters. The molecule has 94 valence electrons. The van der Waals surface area contributed by atoms with Gasteiger partial charge >= 0.3 is 0 Å². The highest BCUT2D eigenvalue weighted by atomic mass is 32.1. The van der Waals surface area contributed by atoms with Crippen LogP contribution in [0.3, 0.4) is 0 Å². The number of benzene rings is 1. The first-order chi connectivity index (χ1) is 8.79. The number of carbonyl (C=O) groups is 1. The minimum absolute atomic E-state index is 0.118. The van der Waals surface area contributed by atoms with Crippen LogP contribution in [0.5, 0.6) is 5.75 Å². The van der Waals surface area contributed by atoms with E-state index in [0.717, 1.165) is 17.7 Å². The Balaban J connectivity index is 1.83. The average Bonchev–Trinajstić information content (AvgIpc) is 2.93. The molecule has 0 bridgehead atoms. The first-order valence-corrected chi connectivity index (χ1v) is 6.48. The lowest BCUT2D eigenvalue weighted by Crippen LogP contribution is -2.25. The number of carbonyl (C=O) groups excluding carboxylic acids is 1. The summed E-state index contributed by atoms with van der Waals surface area (Å²) >= 11 is 1.34. The second-order valence-electron chi connectivity index (χ2n) is 3.69.